The van der Waals surface area contributed by atoms with Crippen molar-refractivity contribution < 1.29 is 5.11 Å². The number of para-hydroxylation sites is 1. The summed E-state index contributed by atoms with van der Waals surface area (Å²) in [5, 5.41) is 10.0. The van der Waals surface area contributed by atoms with E-state index in [0.717, 1.165) is 16.5 Å². The number of hydrogen-bond acceptors (Lipinski definition) is 2. The summed E-state index contributed by atoms with van der Waals surface area (Å²) < 4.78 is 0. The lowest BCUT2D eigenvalue weighted by Gasteiger charge is -2.00. The minimum atomic E-state index is 0. The first-order valence-corrected chi connectivity index (χ1v) is 3.85. The summed E-state index contributed by atoms with van der Waals surface area (Å²) in [5.74, 6) is 0. The Hall–Kier alpha value is -1.12. The van der Waals surface area contributed by atoms with Crippen LogP contribution in [0.3, 0.4) is 0 Å². The number of pyridine rings is 1. The van der Waals surface area contributed by atoms with Crippen LogP contribution in [0, 0.1) is 0 Å². The second kappa shape index (κ2) is 4.21. The fourth-order valence-electron chi connectivity index (χ4n) is 1.29. The Morgan fingerprint density at radius 2 is 1.92 bits per heavy atom. The van der Waals surface area contributed by atoms with Crippen molar-refractivity contribution in [1.82, 2.24) is 4.98 Å². The predicted molar refractivity (Wildman–Crippen MR) is 54.9 cm³/mol. The van der Waals surface area contributed by atoms with Gasteiger partial charge in [-0.1, -0.05) is 18.2 Å². The number of aromatic nitrogens is 1. The summed E-state index contributed by atoms with van der Waals surface area (Å²) in [6, 6.07) is 9.63. The monoisotopic (exact) mass is 195 g/mol. The molecule has 3 heteroatoms. The Bertz CT molecular complexity index is 398. The smallest absolute Gasteiger partial charge is 0.0705 e. The molecule has 0 bridgehead atoms. The van der Waals surface area contributed by atoms with E-state index in [4.69, 9.17) is 5.11 Å². The zero-order chi connectivity index (χ0) is 8.39. The SMILES string of the molecule is Cl.OCc1ccnc2ccccc12. The maximum absolute atomic E-state index is 9.01. The second-order valence-electron chi connectivity index (χ2n) is 2.65. The van der Waals surface area contributed by atoms with Crippen LogP contribution in [0.1, 0.15) is 5.56 Å². The van der Waals surface area contributed by atoms with E-state index < -0.39 is 0 Å². The molecule has 1 N–H and O–H groups in total. The fourth-order valence-corrected chi connectivity index (χ4v) is 1.29. The Labute approximate surface area is 82.6 Å². The average molecular weight is 196 g/mol. The Morgan fingerprint density at radius 1 is 1.15 bits per heavy atom. The first-order chi connectivity index (χ1) is 5.92. The highest BCUT2D eigenvalue weighted by atomic mass is 35.5. The number of halogens is 1. The second-order valence-corrected chi connectivity index (χ2v) is 2.65. The maximum Gasteiger partial charge on any atom is 0.0705 e. The molecule has 2 aromatic rings. The highest BCUT2D eigenvalue weighted by Gasteiger charge is 1.97. The molecule has 0 radical (unpaired) electrons. The van der Waals surface area contributed by atoms with Gasteiger partial charge >= 0.3 is 0 Å². The summed E-state index contributed by atoms with van der Waals surface area (Å²) in [5.41, 5.74) is 1.87. The van der Waals surface area contributed by atoms with Gasteiger partial charge in [-0.05, 0) is 17.7 Å². The van der Waals surface area contributed by atoms with Gasteiger partial charge in [0, 0.05) is 11.6 Å². The normalized spacial score (nSPS) is 9.62. The zero-order valence-corrected chi connectivity index (χ0v) is 7.79. The van der Waals surface area contributed by atoms with Crippen molar-refractivity contribution in [3.8, 4) is 0 Å². The molecule has 13 heavy (non-hydrogen) atoms. The van der Waals surface area contributed by atoms with E-state index in [9.17, 15) is 0 Å². The van der Waals surface area contributed by atoms with Crippen molar-refractivity contribution in [2.45, 2.75) is 6.61 Å². The third-order valence-corrected chi connectivity index (χ3v) is 1.91. The summed E-state index contributed by atoms with van der Waals surface area (Å²) in [4.78, 5) is 4.18. The number of nitrogens with zero attached hydrogens (tertiary/aromatic N) is 1. The summed E-state index contributed by atoms with van der Waals surface area (Å²) >= 11 is 0. The van der Waals surface area contributed by atoms with E-state index >= 15 is 0 Å². The fraction of sp³-hybridized carbons (Fsp3) is 0.100. The van der Waals surface area contributed by atoms with Gasteiger partial charge in [0.05, 0.1) is 12.1 Å². The lowest BCUT2D eigenvalue weighted by atomic mass is 10.1. The minimum absolute atomic E-state index is 0. The Balaban J connectivity index is 0.000000845. The van der Waals surface area contributed by atoms with Gasteiger partial charge in [-0.2, -0.15) is 0 Å². The molecule has 1 heterocycles. The molecule has 0 atom stereocenters. The van der Waals surface area contributed by atoms with Crippen molar-refractivity contribution in [3.05, 3.63) is 42.1 Å². The zero-order valence-electron chi connectivity index (χ0n) is 6.97. The molecule has 1 aromatic heterocycles. The third-order valence-electron chi connectivity index (χ3n) is 1.91. The largest absolute Gasteiger partial charge is 0.392 e. The van der Waals surface area contributed by atoms with E-state index in [2.05, 4.69) is 4.98 Å². The van der Waals surface area contributed by atoms with Crippen LogP contribution in [0.15, 0.2) is 36.5 Å². The van der Waals surface area contributed by atoms with Gasteiger partial charge in [0.15, 0.2) is 0 Å². The molecule has 0 saturated heterocycles. The molecule has 0 amide bonds. The molecule has 1 aromatic carbocycles. The quantitative estimate of drug-likeness (QED) is 0.757. The van der Waals surface area contributed by atoms with E-state index in [1.165, 1.54) is 0 Å². The summed E-state index contributed by atoms with van der Waals surface area (Å²) in [6.07, 6.45) is 1.72. The van der Waals surface area contributed by atoms with Crippen LogP contribution in [-0.2, 0) is 6.61 Å². The van der Waals surface area contributed by atoms with Gasteiger partial charge in [0.1, 0.15) is 0 Å². The number of hydrogen-bond donors (Lipinski definition) is 1. The van der Waals surface area contributed by atoms with Gasteiger partial charge in [-0.15, -0.1) is 12.4 Å². The Morgan fingerprint density at radius 3 is 2.69 bits per heavy atom. The van der Waals surface area contributed by atoms with Gasteiger partial charge in [0.2, 0.25) is 0 Å². The lowest BCUT2D eigenvalue weighted by molar-refractivity contribution is 0.283. The molecule has 0 unspecified atom stereocenters. The number of rotatable bonds is 1. The first-order valence-electron chi connectivity index (χ1n) is 3.85. The van der Waals surface area contributed by atoms with Crippen LogP contribution in [-0.4, -0.2) is 10.1 Å². The molecular formula is C10H10ClNO. The third kappa shape index (κ3) is 1.79. The van der Waals surface area contributed by atoms with Crippen LogP contribution < -0.4 is 0 Å². The van der Waals surface area contributed by atoms with Gasteiger partial charge in [0.25, 0.3) is 0 Å². The van der Waals surface area contributed by atoms with Crippen molar-refractivity contribution in [1.29, 1.82) is 0 Å². The molecule has 2 rings (SSSR count). The van der Waals surface area contributed by atoms with Gasteiger partial charge in [-0.3, -0.25) is 4.98 Å². The lowest BCUT2D eigenvalue weighted by Crippen LogP contribution is -1.86. The average Bonchev–Trinajstić information content (AvgIpc) is 2.17. The molecule has 0 fully saturated rings. The van der Waals surface area contributed by atoms with Crippen molar-refractivity contribution >= 4 is 23.3 Å². The van der Waals surface area contributed by atoms with Crippen LogP contribution in [0.4, 0.5) is 0 Å². The van der Waals surface area contributed by atoms with Gasteiger partial charge < -0.3 is 5.11 Å². The number of fused-ring (bicyclic) bond motifs is 1. The molecule has 68 valence electrons. The van der Waals surface area contributed by atoms with Crippen LogP contribution in [0.25, 0.3) is 10.9 Å². The standard InChI is InChI=1S/C10H9NO.ClH/c12-7-8-5-6-11-10-4-2-1-3-9(8)10;/h1-6,12H,7H2;1H. The maximum atomic E-state index is 9.01. The molecule has 0 aliphatic rings. The molecular weight excluding hydrogens is 186 g/mol. The number of benzene rings is 1. The van der Waals surface area contributed by atoms with E-state index in [-0.39, 0.29) is 19.0 Å². The highest BCUT2D eigenvalue weighted by molar-refractivity contribution is 5.85. The molecule has 0 aliphatic heterocycles. The van der Waals surface area contributed by atoms with Crippen LogP contribution in [0.5, 0.6) is 0 Å². The van der Waals surface area contributed by atoms with Crippen molar-refractivity contribution in [2.24, 2.45) is 0 Å². The minimum Gasteiger partial charge on any atom is -0.392 e. The van der Waals surface area contributed by atoms with Crippen LogP contribution in [0.2, 0.25) is 0 Å². The molecule has 0 aliphatic carbocycles. The van der Waals surface area contributed by atoms with Crippen LogP contribution >= 0.6 is 12.4 Å². The Kier molecular flexibility index (Phi) is 3.23. The summed E-state index contributed by atoms with van der Waals surface area (Å²) in [6.45, 7) is 0.0725. The number of aliphatic hydroxyl groups is 1. The topological polar surface area (TPSA) is 33.1 Å². The predicted octanol–water partition coefficient (Wildman–Crippen LogP) is 2.15. The highest BCUT2D eigenvalue weighted by Crippen LogP contribution is 2.15. The van der Waals surface area contributed by atoms with Crippen molar-refractivity contribution in [2.75, 3.05) is 0 Å². The molecule has 0 saturated carbocycles. The first kappa shape index (κ1) is 9.96. The van der Waals surface area contributed by atoms with E-state index in [1.807, 2.05) is 30.3 Å². The number of aliphatic hydroxyl groups excluding tert-OH is 1. The molecule has 2 nitrogen and oxygen atoms in total. The van der Waals surface area contributed by atoms with E-state index in [0.29, 0.717) is 0 Å². The van der Waals surface area contributed by atoms with Gasteiger partial charge in [-0.25, -0.2) is 0 Å². The van der Waals surface area contributed by atoms with Crippen molar-refractivity contribution in [3.63, 3.8) is 0 Å². The summed E-state index contributed by atoms with van der Waals surface area (Å²) in [7, 11) is 0. The molecule has 0 spiro atoms. The van der Waals surface area contributed by atoms with E-state index in [1.54, 1.807) is 6.20 Å².